The molecule has 0 bridgehead atoms. The summed E-state index contributed by atoms with van der Waals surface area (Å²) < 4.78 is 0. The van der Waals surface area contributed by atoms with Crippen molar-refractivity contribution in [2.75, 3.05) is 21.7 Å². The summed E-state index contributed by atoms with van der Waals surface area (Å²) in [4.78, 5) is 41.4. The topological polar surface area (TPSA) is 69.7 Å². The molecule has 1 N–H and O–H groups in total. The molecule has 2 aliphatic rings. The molecule has 4 rings (SSSR count). The van der Waals surface area contributed by atoms with Crippen molar-refractivity contribution in [3.63, 3.8) is 0 Å². The van der Waals surface area contributed by atoms with Crippen LogP contribution in [0.15, 0.2) is 42.5 Å². The number of fused-ring (bicyclic) bond motifs is 3. The number of carbonyl (C=O) groups excluding carboxylic acids is 3. The number of nitrogens with one attached hydrogen (secondary N) is 1. The third kappa shape index (κ3) is 3.05. The van der Waals surface area contributed by atoms with Crippen LogP contribution in [0.3, 0.4) is 0 Å². The highest BCUT2D eigenvalue weighted by atomic mass is 16.2. The van der Waals surface area contributed by atoms with Crippen molar-refractivity contribution < 1.29 is 14.4 Å². The molecule has 0 aromatic heterocycles. The summed E-state index contributed by atoms with van der Waals surface area (Å²) in [6.45, 7) is 4.53. The minimum absolute atomic E-state index is 0.0345. The molecule has 1 atom stereocenters. The van der Waals surface area contributed by atoms with Crippen molar-refractivity contribution >= 4 is 34.8 Å². The Morgan fingerprint density at radius 3 is 2.71 bits per heavy atom. The quantitative estimate of drug-likeness (QED) is 0.887. The Kier molecular flexibility index (Phi) is 4.63. The predicted octanol–water partition coefficient (Wildman–Crippen LogP) is 3.50. The van der Waals surface area contributed by atoms with E-state index < -0.39 is 6.04 Å². The third-order valence-electron chi connectivity index (χ3n) is 5.27. The average molecular weight is 377 g/mol. The molecule has 0 saturated carbocycles. The van der Waals surface area contributed by atoms with Gasteiger partial charge < -0.3 is 10.2 Å². The second-order valence-corrected chi connectivity index (χ2v) is 7.34. The molecule has 2 aromatic rings. The van der Waals surface area contributed by atoms with Gasteiger partial charge in [-0.3, -0.25) is 19.3 Å². The zero-order chi connectivity index (χ0) is 19.8. The van der Waals surface area contributed by atoms with Crippen LogP contribution in [0.1, 0.15) is 42.1 Å². The molecule has 6 nitrogen and oxygen atoms in total. The minimum atomic E-state index is -0.418. The summed E-state index contributed by atoms with van der Waals surface area (Å²) in [6, 6.07) is 12.4. The number of nitrogens with zero attached hydrogens (tertiary/aromatic N) is 2. The number of aryl methyl sites for hydroxylation is 1. The second kappa shape index (κ2) is 7.11. The van der Waals surface area contributed by atoms with E-state index in [1.54, 1.807) is 28.0 Å². The number of hydrogen-bond acceptors (Lipinski definition) is 3. The molecule has 0 aliphatic carbocycles. The normalized spacial score (nSPS) is 18.1. The fraction of sp³-hybridized carbons (Fsp3) is 0.318. The Morgan fingerprint density at radius 1 is 1.14 bits per heavy atom. The maximum atomic E-state index is 12.9. The molecule has 144 valence electrons. The van der Waals surface area contributed by atoms with E-state index in [0.717, 1.165) is 17.7 Å². The van der Waals surface area contributed by atoms with E-state index in [-0.39, 0.29) is 17.7 Å². The first kappa shape index (κ1) is 18.2. The number of amides is 3. The van der Waals surface area contributed by atoms with E-state index in [2.05, 4.69) is 5.32 Å². The van der Waals surface area contributed by atoms with Crippen molar-refractivity contribution in [3.05, 3.63) is 53.6 Å². The van der Waals surface area contributed by atoms with E-state index in [1.807, 2.05) is 38.1 Å². The number of hydrogen-bond donors (Lipinski definition) is 1. The molecule has 28 heavy (non-hydrogen) atoms. The van der Waals surface area contributed by atoms with Gasteiger partial charge in [-0.25, -0.2) is 0 Å². The standard InChI is InChI=1S/C22H23N3O3/c1-3-11-24-19-13-15(21(27)23-16-6-4-5-14(2)12-16)7-8-17(19)25-18(22(24)28)9-10-20(25)26/h4-8,12-13,18H,3,9-11H2,1-2H3,(H,23,27). The molecule has 2 aromatic carbocycles. The monoisotopic (exact) mass is 377 g/mol. The molecule has 6 heteroatoms. The molecule has 3 amide bonds. The van der Waals surface area contributed by atoms with Gasteiger partial charge in [0.25, 0.3) is 5.91 Å². The Balaban J connectivity index is 1.70. The average Bonchev–Trinajstić information content (AvgIpc) is 3.06. The number of carbonyl (C=O) groups is 3. The van der Waals surface area contributed by atoms with E-state index in [9.17, 15) is 14.4 Å². The Morgan fingerprint density at radius 2 is 1.96 bits per heavy atom. The Hall–Kier alpha value is -3.15. The highest BCUT2D eigenvalue weighted by Crippen LogP contribution is 2.41. The van der Waals surface area contributed by atoms with Gasteiger partial charge in [0.15, 0.2) is 0 Å². The molecule has 0 spiro atoms. The summed E-state index contributed by atoms with van der Waals surface area (Å²) in [5.74, 6) is -0.337. The summed E-state index contributed by atoms with van der Waals surface area (Å²) in [5.41, 5.74) is 3.59. The molecule has 2 heterocycles. The first-order chi connectivity index (χ1) is 13.5. The summed E-state index contributed by atoms with van der Waals surface area (Å²) >= 11 is 0. The van der Waals surface area contributed by atoms with Crippen LogP contribution >= 0.6 is 0 Å². The van der Waals surface area contributed by atoms with Gasteiger partial charge in [-0.1, -0.05) is 19.1 Å². The lowest BCUT2D eigenvalue weighted by molar-refractivity contribution is -0.122. The maximum absolute atomic E-state index is 12.9. The van der Waals surface area contributed by atoms with Gasteiger partial charge in [-0.15, -0.1) is 0 Å². The highest BCUT2D eigenvalue weighted by molar-refractivity contribution is 6.16. The van der Waals surface area contributed by atoms with Gasteiger partial charge in [0, 0.05) is 24.2 Å². The third-order valence-corrected chi connectivity index (χ3v) is 5.27. The molecular formula is C22H23N3O3. The van der Waals surface area contributed by atoms with E-state index in [4.69, 9.17) is 0 Å². The van der Waals surface area contributed by atoms with Gasteiger partial charge in [0.05, 0.1) is 11.4 Å². The molecule has 1 saturated heterocycles. The first-order valence-electron chi connectivity index (χ1n) is 9.65. The van der Waals surface area contributed by atoms with Crippen LogP contribution < -0.4 is 15.1 Å². The van der Waals surface area contributed by atoms with Crippen LogP contribution in [0, 0.1) is 6.92 Å². The second-order valence-electron chi connectivity index (χ2n) is 7.34. The van der Waals surface area contributed by atoms with Crippen LogP contribution in [-0.4, -0.2) is 30.3 Å². The molecular weight excluding hydrogens is 354 g/mol. The van der Waals surface area contributed by atoms with Crippen LogP contribution in [-0.2, 0) is 9.59 Å². The largest absolute Gasteiger partial charge is 0.322 e. The van der Waals surface area contributed by atoms with Crippen molar-refractivity contribution in [3.8, 4) is 0 Å². The number of anilines is 3. The fourth-order valence-electron chi connectivity index (χ4n) is 3.98. The first-order valence-corrected chi connectivity index (χ1v) is 9.65. The van der Waals surface area contributed by atoms with Gasteiger partial charge in [-0.2, -0.15) is 0 Å². The van der Waals surface area contributed by atoms with Gasteiger partial charge >= 0.3 is 0 Å². The zero-order valence-electron chi connectivity index (χ0n) is 16.1. The van der Waals surface area contributed by atoms with Crippen LogP contribution in [0.4, 0.5) is 17.1 Å². The molecule has 1 fully saturated rings. The Bertz CT molecular complexity index is 969. The van der Waals surface area contributed by atoms with E-state index in [0.29, 0.717) is 36.3 Å². The molecule has 1 unspecified atom stereocenters. The van der Waals surface area contributed by atoms with Gasteiger partial charge in [0.2, 0.25) is 11.8 Å². The lowest BCUT2D eigenvalue weighted by Gasteiger charge is -2.38. The van der Waals surface area contributed by atoms with Crippen LogP contribution in [0.25, 0.3) is 0 Å². The smallest absolute Gasteiger partial charge is 0.255 e. The lowest BCUT2D eigenvalue weighted by Crippen LogP contribution is -2.52. The zero-order valence-corrected chi connectivity index (χ0v) is 16.1. The van der Waals surface area contributed by atoms with Crippen molar-refractivity contribution in [2.45, 2.75) is 39.2 Å². The number of benzene rings is 2. The maximum Gasteiger partial charge on any atom is 0.255 e. The van der Waals surface area contributed by atoms with E-state index in [1.165, 1.54) is 0 Å². The Labute approximate surface area is 164 Å². The summed E-state index contributed by atoms with van der Waals surface area (Å²) in [6.07, 6.45) is 1.73. The van der Waals surface area contributed by atoms with Crippen molar-refractivity contribution in [2.24, 2.45) is 0 Å². The molecule has 2 aliphatic heterocycles. The van der Waals surface area contributed by atoms with Crippen LogP contribution in [0.2, 0.25) is 0 Å². The summed E-state index contributed by atoms with van der Waals surface area (Å²) in [7, 11) is 0. The van der Waals surface area contributed by atoms with E-state index >= 15 is 0 Å². The lowest BCUT2D eigenvalue weighted by atomic mass is 10.0. The van der Waals surface area contributed by atoms with Crippen molar-refractivity contribution in [1.29, 1.82) is 0 Å². The van der Waals surface area contributed by atoms with Crippen molar-refractivity contribution in [1.82, 2.24) is 0 Å². The van der Waals surface area contributed by atoms with Gasteiger partial charge in [0.1, 0.15) is 6.04 Å². The highest BCUT2D eigenvalue weighted by Gasteiger charge is 2.44. The summed E-state index contributed by atoms with van der Waals surface area (Å²) in [5, 5.41) is 2.90. The predicted molar refractivity (Wildman–Crippen MR) is 109 cm³/mol. The fourth-order valence-corrected chi connectivity index (χ4v) is 3.98. The molecule has 0 radical (unpaired) electrons. The minimum Gasteiger partial charge on any atom is -0.322 e. The van der Waals surface area contributed by atoms with Crippen LogP contribution in [0.5, 0.6) is 0 Å². The SMILES string of the molecule is CCCN1C(=O)C2CCC(=O)N2c2ccc(C(=O)Nc3cccc(C)c3)cc21. The number of rotatable bonds is 4. The van der Waals surface area contributed by atoms with Gasteiger partial charge in [-0.05, 0) is 55.7 Å².